The van der Waals surface area contributed by atoms with Crippen LogP contribution < -0.4 is 10.2 Å². The molecule has 0 spiro atoms. The SMILES string of the molecule is CCN(CC(C)C)c1nc2sccn2c1CNC. The first-order chi connectivity index (χ1) is 8.67. The quantitative estimate of drug-likeness (QED) is 0.872. The van der Waals surface area contributed by atoms with E-state index in [1.807, 2.05) is 7.05 Å². The molecule has 2 rings (SSSR count). The van der Waals surface area contributed by atoms with Gasteiger partial charge in [-0.2, -0.15) is 0 Å². The van der Waals surface area contributed by atoms with E-state index in [-0.39, 0.29) is 0 Å². The van der Waals surface area contributed by atoms with Gasteiger partial charge in [0.15, 0.2) is 10.8 Å². The molecule has 0 aliphatic rings. The molecule has 100 valence electrons. The number of hydrogen-bond acceptors (Lipinski definition) is 4. The molecule has 2 aromatic heterocycles. The number of anilines is 1. The highest BCUT2D eigenvalue weighted by atomic mass is 32.1. The van der Waals surface area contributed by atoms with E-state index in [0.717, 1.165) is 30.4 Å². The van der Waals surface area contributed by atoms with Crippen molar-refractivity contribution in [2.24, 2.45) is 5.92 Å². The Kier molecular flexibility index (Phi) is 4.24. The molecule has 4 nitrogen and oxygen atoms in total. The number of fused-ring (bicyclic) bond motifs is 1. The van der Waals surface area contributed by atoms with Crippen LogP contribution in [-0.4, -0.2) is 29.5 Å². The lowest BCUT2D eigenvalue weighted by Crippen LogP contribution is -2.29. The van der Waals surface area contributed by atoms with Crippen LogP contribution in [0.15, 0.2) is 11.6 Å². The Balaban J connectivity index is 2.40. The number of rotatable bonds is 6. The van der Waals surface area contributed by atoms with Gasteiger partial charge in [0.2, 0.25) is 0 Å². The van der Waals surface area contributed by atoms with Crippen molar-refractivity contribution < 1.29 is 0 Å². The second-order valence-corrected chi connectivity index (χ2v) is 5.77. The number of nitrogens with zero attached hydrogens (tertiary/aromatic N) is 3. The lowest BCUT2D eigenvalue weighted by Gasteiger charge is -2.24. The highest BCUT2D eigenvalue weighted by molar-refractivity contribution is 7.15. The second-order valence-electron chi connectivity index (χ2n) is 4.90. The van der Waals surface area contributed by atoms with E-state index in [0.29, 0.717) is 5.92 Å². The zero-order chi connectivity index (χ0) is 13.1. The Morgan fingerprint density at radius 3 is 2.89 bits per heavy atom. The van der Waals surface area contributed by atoms with Crippen molar-refractivity contribution in [3.8, 4) is 0 Å². The van der Waals surface area contributed by atoms with Crippen molar-refractivity contribution in [1.82, 2.24) is 14.7 Å². The van der Waals surface area contributed by atoms with Gasteiger partial charge in [-0.3, -0.25) is 4.40 Å². The molecule has 18 heavy (non-hydrogen) atoms. The zero-order valence-electron chi connectivity index (χ0n) is 11.6. The van der Waals surface area contributed by atoms with Crippen molar-refractivity contribution in [1.29, 1.82) is 0 Å². The summed E-state index contributed by atoms with van der Waals surface area (Å²) in [6.07, 6.45) is 2.10. The van der Waals surface area contributed by atoms with Gasteiger partial charge in [0.25, 0.3) is 0 Å². The van der Waals surface area contributed by atoms with Gasteiger partial charge in [-0.25, -0.2) is 4.98 Å². The summed E-state index contributed by atoms with van der Waals surface area (Å²) in [5, 5.41) is 5.33. The van der Waals surface area contributed by atoms with Crippen LogP contribution in [0.5, 0.6) is 0 Å². The molecule has 2 aromatic rings. The second kappa shape index (κ2) is 5.71. The first kappa shape index (κ1) is 13.4. The van der Waals surface area contributed by atoms with Crippen LogP contribution in [0.3, 0.4) is 0 Å². The van der Waals surface area contributed by atoms with Crippen LogP contribution in [0, 0.1) is 5.92 Å². The third-order valence-corrected chi connectivity index (χ3v) is 3.71. The lowest BCUT2D eigenvalue weighted by atomic mass is 10.2. The Labute approximate surface area is 113 Å². The molecule has 0 amide bonds. The van der Waals surface area contributed by atoms with Crippen molar-refractivity contribution in [2.75, 3.05) is 25.0 Å². The van der Waals surface area contributed by atoms with E-state index in [4.69, 9.17) is 4.98 Å². The summed E-state index contributed by atoms with van der Waals surface area (Å²) < 4.78 is 2.19. The molecule has 0 fully saturated rings. The summed E-state index contributed by atoms with van der Waals surface area (Å²) in [6, 6.07) is 0. The van der Waals surface area contributed by atoms with Crippen LogP contribution in [0.1, 0.15) is 26.5 Å². The molecule has 2 heterocycles. The van der Waals surface area contributed by atoms with Gasteiger partial charge in [0.1, 0.15) is 0 Å². The lowest BCUT2D eigenvalue weighted by molar-refractivity contribution is 0.612. The predicted octanol–water partition coefficient (Wildman–Crippen LogP) is 2.60. The number of hydrogen-bond donors (Lipinski definition) is 1. The summed E-state index contributed by atoms with van der Waals surface area (Å²) in [6.45, 7) is 9.59. The maximum absolute atomic E-state index is 4.78. The molecule has 0 saturated heterocycles. The molecular formula is C13H22N4S. The fourth-order valence-corrected chi connectivity index (χ4v) is 2.94. The Bertz CT molecular complexity index is 500. The molecular weight excluding hydrogens is 244 g/mol. The zero-order valence-corrected chi connectivity index (χ0v) is 12.4. The van der Waals surface area contributed by atoms with Crippen molar-refractivity contribution >= 4 is 22.1 Å². The Morgan fingerprint density at radius 1 is 1.50 bits per heavy atom. The number of thiazole rings is 1. The van der Waals surface area contributed by atoms with Gasteiger partial charge in [-0.15, -0.1) is 11.3 Å². The molecule has 1 N–H and O–H groups in total. The molecule has 0 unspecified atom stereocenters. The van der Waals surface area contributed by atoms with Gasteiger partial charge in [-0.1, -0.05) is 13.8 Å². The largest absolute Gasteiger partial charge is 0.355 e. The summed E-state index contributed by atoms with van der Waals surface area (Å²) in [4.78, 5) is 8.24. The van der Waals surface area contributed by atoms with Crippen molar-refractivity contribution in [2.45, 2.75) is 27.3 Å². The molecule has 0 saturated carbocycles. The molecule has 0 radical (unpaired) electrons. The highest BCUT2D eigenvalue weighted by Crippen LogP contribution is 2.25. The number of nitrogens with one attached hydrogen (secondary N) is 1. The standard InChI is InChI=1S/C13H22N4S/c1-5-16(9-10(2)3)12-11(8-14-4)17-6-7-18-13(17)15-12/h6-7,10,14H,5,8-9H2,1-4H3. The van der Waals surface area contributed by atoms with Crippen LogP contribution >= 0.6 is 11.3 Å². The monoisotopic (exact) mass is 266 g/mol. The van der Waals surface area contributed by atoms with Gasteiger partial charge in [0, 0.05) is 31.2 Å². The molecule has 0 bridgehead atoms. The van der Waals surface area contributed by atoms with Crippen molar-refractivity contribution in [3.05, 3.63) is 17.3 Å². The van der Waals surface area contributed by atoms with Crippen LogP contribution in [0.4, 0.5) is 5.82 Å². The van der Waals surface area contributed by atoms with Crippen LogP contribution in [0.2, 0.25) is 0 Å². The minimum atomic E-state index is 0.645. The molecule has 0 aliphatic heterocycles. The normalized spacial score (nSPS) is 11.6. The van der Waals surface area contributed by atoms with Crippen LogP contribution in [-0.2, 0) is 6.54 Å². The highest BCUT2D eigenvalue weighted by Gasteiger charge is 2.18. The van der Waals surface area contributed by atoms with Gasteiger partial charge < -0.3 is 10.2 Å². The smallest absolute Gasteiger partial charge is 0.195 e. The summed E-state index contributed by atoms with van der Waals surface area (Å²) in [5.74, 6) is 1.78. The predicted molar refractivity (Wildman–Crippen MR) is 78.6 cm³/mol. The van der Waals surface area contributed by atoms with Crippen LogP contribution in [0.25, 0.3) is 4.96 Å². The van der Waals surface area contributed by atoms with E-state index < -0.39 is 0 Å². The average molecular weight is 266 g/mol. The minimum Gasteiger partial charge on any atom is -0.355 e. The van der Waals surface area contributed by atoms with E-state index in [9.17, 15) is 0 Å². The Hall–Kier alpha value is -1.07. The summed E-state index contributed by atoms with van der Waals surface area (Å²) >= 11 is 1.69. The molecule has 0 atom stereocenters. The molecule has 0 aliphatic carbocycles. The fourth-order valence-electron chi connectivity index (χ4n) is 2.21. The first-order valence-corrected chi connectivity index (χ1v) is 7.39. The van der Waals surface area contributed by atoms with Gasteiger partial charge >= 0.3 is 0 Å². The molecule has 5 heteroatoms. The maximum Gasteiger partial charge on any atom is 0.195 e. The first-order valence-electron chi connectivity index (χ1n) is 6.51. The third-order valence-electron chi connectivity index (χ3n) is 2.95. The van der Waals surface area contributed by atoms with E-state index in [2.05, 4.69) is 47.0 Å². The van der Waals surface area contributed by atoms with Gasteiger partial charge in [-0.05, 0) is 19.9 Å². The summed E-state index contributed by atoms with van der Waals surface area (Å²) in [5.41, 5.74) is 1.26. The third kappa shape index (κ3) is 2.52. The fraction of sp³-hybridized carbons (Fsp3) is 0.615. The number of aromatic nitrogens is 2. The minimum absolute atomic E-state index is 0.645. The average Bonchev–Trinajstić information content (AvgIpc) is 2.89. The maximum atomic E-state index is 4.78. The number of imidazole rings is 1. The van der Waals surface area contributed by atoms with Gasteiger partial charge in [0.05, 0.1) is 5.69 Å². The topological polar surface area (TPSA) is 32.6 Å². The van der Waals surface area contributed by atoms with Crippen molar-refractivity contribution in [3.63, 3.8) is 0 Å². The van der Waals surface area contributed by atoms with E-state index in [1.165, 1.54) is 5.69 Å². The van der Waals surface area contributed by atoms with E-state index in [1.54, 1.807) is 11.3 Å². The summed E-state index contributed by atoms with van der Waals surface area (Å²) in [7, 11) is 1.98. The molecule has 0 aromatic carbocycles. The van der Waals surface area contributed by atoms with E-state index >= 15 is 0 Å². The Morgan fingerprint density at radius 2 is 2.28 bits per heavy atom.